The Kier molecular flexibility index (Phi) is 5.70. The van der Waals surface area contributed by atoms with Crippen LogP contribution in [0.3, 0.4) is 0 Å². The number of carbonyl (C=O) groups excluding carboxylic acids is 2. The van der Waals surface area contributed by atoms with E-state index in [1.807, 2.05) is 6.07 Å². The largest absolute Gasteiger partial charge is 0.466 e. The fraction of sp³-hybridized carbons (Fsp3) is 0.444. The van der Waals surface area contributed by atoms with E-state index < -0.39 is 0 Å². The van der Waals surface area contributed by atoms with E-state index >= 15 is 0 Å². The van der Waals surface area contributed by atoms with Gasteiger partial charge in [0, 0.05) is 17.6 Å². The van der Waals surface area contributed by atoms with Crippen LogP contribution in [0.25, 0.3) is 10.9 Å². The minimum Gasteiger partial charge on any atom is -0.466 e. The van der Waals surface area contributed by atoms with E-state index in [9.17, 15) is 14.4 Å². The van der Waals surface area contributed by atoms with E-state index in [1.165, 1.54) is 10.9 Å². The summed E-state index contributed by atoms with van der Waals surface area (Å²) in [4.78, 5) is 43.0. The summed E-state index contributed by atoms with van der Waals surface area (Å²) in [6.07, 6.45) is 2.85. The molecular formula is C18H20BrN3O4. The van der Waals surface area contributed by atoms with Crippen LogP contribution >= 0.6 is 15.9 Å². The van der Waals surface area contributed by atoms with Gasteiger partial charge < -0.3 is 9.64 Å². The van der Waals surface area contributed by atoms with E-state index in [1.54, 1.807) is 24.0 Å². The van der Waals surface area contributed by atoms with Crippen molar-refractivity contribution in [1.29, 1.82) is 0 Å². The van der Waals surface area contributed by atoms with Crippen molar-refractivity contribution in [3.8, 4) is 0 Å². The van der Waals surface area contributed by atoms with Crippen LogP contribution in [-0.4, -0.2) is 46.0 Å². The van der Waals surface area contributed by atoms with Crippen molar-refractivity contribution in [2.45, 2.75) is 26.3 Å². The predicted molar refractivity (Wildman–Crippen MR) is 99.6 cm³/mol. The number of halogens is 1. The molecule has 1 aliphatic heterocycles. The summed E-state index contributed by atoms with van der Waals surface area (Å²) in [6, 6.07) is 5.26. The van der Waals surface area contributed by atoms with E-state index in [0.29, 0.717) is 37.0 Å². The maximum absolute atomic E-state index is 12.6. The molecule has 2 heterocycles. The smallest absolute Gasteiger partial charge is 0.310 e. The Labute approximate surface area is 159 Å². The van der Waals surface area contributed by atoms with Crippen LogP contribution in [0.15, 0.2) is 33.8 Å². The molecule has 7 nitrogen and oxygen atoms in total. The highest BCUT2D eigenvalue weighted by atomic mass is 79.9. The van der Waals surface area contributed by atoms with Crippen LogP contribution < -0.4 is 5.56 Å². The zero-order valence-corrected chi connectivity index (χ0v) is 16.1. The van der Waals surface area contributed by atoms with Crippen molar-refractivity contribution in [3.05, 3.63) is 39.4 Å². The van der Waals surface area contributed by atoms with Crippen LogP contribution in [0.2, 0.25) is 0 Å². The number of ether oxygens (including phenoxy) is 1. The Morgan fingerprint density at radius 1 is 1.38 bits per heavy atom. The Hall–Kier alpha value is -2.22. The van der Waals surface area contributed by atoms with Crippen LogP contribution in [0.1, 0.15) is 19.8 Å². The number of likely N-dealkylation sites (tertiary alicyclic amines) is 1. The number of hydrogen-bond donors (Lipinski definition) is 0. The normalized spacial score (nSPS) is 17.3. The van der Waals surface area contributed by atoms with E-state index in [-0.39, 0.29) is 29.9 Å². The van der Waals surface area contributed by atoms with Crippen molar-refractivity contribution < 1.29 is 14.3 Å². The molecule has 1 saturated heterocycles. The van der Waals surface area contributed by atoms with Gasteiger partial charge in [-0.15, -0.1) is 0 Å². The van der Waals surface area contributed by atoms with Crippen molar-refractivity contribution in [2.75, 3.05) is 19.7 Å². The van der Waals surface area contributed by atoms with Crippen molar-refractivity contribution in [3.63, 3.8) is 0 Å². The Morgan fingerprint density at radius 2 is 2.19 bits per heavy atom. The second-order valence-corrected chi connectivity index (χ2v) is 7.19. The van der Waals surface area contributed by atoms with Gasteiger partial charge in [-0.3, -0.25) is 19.0 Å². The van der Waals surface area contributed by atoms with Crippen LogP contribution in [0, 0.1) is 5.92 Å². The zero-order chi connectivity index (χ0) is 18.7. The number of rotatable bonds is 4. The zero-order valence-electron chi connectivity index (χ0n) is 14.5. The number of hydrogen-bond acceptors (Lipinski definition) is 5. The fourth-order valence-corrected chi connectivity index (χ4v) is 3.51. The molecule has 0 saturated carbocycles. The lowest BCUT2D eigenvalue weighted by molar-refractivity contribution is -0.151. The molecule has 0 unspecified atom stereocenters. The lowest BCUT2D eigenvalue weighted by Crippen LogP contribution is -2.45. The summed E-state index contributed by atoms with van der Waals surface area (Å²) in [6.45, 7) is 2.91. The van der Waals surface area contributed by atoms with Crippen LogP contribution in [0.5, 0.6) is 0 Å². The van der Waals surface area contributed by atoms with Gasteiger partial charge in [0.2, 0.25) is 5.91 Å². The first-order valence-corrected chi connectivity index (χ1v) is 9.38. The molecule has 0 N–H and O–H groups in total. The number of nitrogens with zero attached hydrogens (tertiary/aromatic N) is 3. The predicted octanol–water partition coefficient (Wildman–Crippen LogP) is 1.96. The van der Waals surface area contributed by atoms with Gasteiger partial charge in [0.1, 0.15) is 6.54 Å². The summed E-state index contributed by atoms with van der Waals surface area (Å²) in [5, 5.41) is 0.456. The quantitative estimate of drug-likeness (QED) is 0.704. The van der Waals surface area contributed by atoms with Gasteiger partial charge in [-0.25, -0.2) is 4.98 Å². The Bertz CT molecular complexity index is 896. The van der Waals surface area contributed by atoms with E-state index in [4.69, 9.17) is 4.74 Å². The standard InChI is InChI=1S/C18H20BrN3O4/c1-2-26-18(25)12-4-3-7-21(9-12)16(23)10-22-11-20-15-6-5-13(19)8-14(15)17(22)24/h5-6,8,11-12H,2-4,7,9-10H2,1H3/t12-/m1/s1. The fourth-order valence-electron chi connectivity index (χ4n) is 3.15. The Balaban J connectivity index is 1.75. The topological polar surface area (TPSA) is 81.5 Å². The molecule has 138 valence electrons. The number of piperidine rings is 1. The minimum atomic E-state index is -0.296. The highest BCUT2D eigenvalue weighted by Gasteiger charge is 2.29. The van der Waals surface area contributed by atoms with Gasteiger partial charge >= 0.3 is 5.97 Å². The molecule has 3 rings (SSSR count). The number of esters is 1. The molecular weight excluding hydrogens is 402 g/mol. The summed E-state index contributed by atoms with van der Waals surface area (Å²) in [7, 11) is 0. The number of aromatic nitrogens is 2. The maximum atomic E-state index is 12.6. The molecule has 1 aromatic carbocycles. The lowest BCUT2D eigenvalue weighted by Gasteiger charge is -2.31. The third-order valence-corrected chi connectivity index (χ3v) is 4.98. The number of carbonyl (C=O) groups is 2. The first-order valence-electron chi connectivity index (χ1n) is 8.58. The average molecular weight is 422 g/mol. The summed E-state index contributed by atoms with van der Waals surface area (Å²) < 4.78 is 7.15. The van der Waals surface area contributed by atoms with Gasteiger partial charge in [-0.1, -0.05) is 15.9 Å². The summed E-state index contributed by atoms with van der Waals surface area (Å²) >= 11 is 3.34. The monoisotopic (exact) mass is 421 g/mol. The molecule has 0 bridgehead atoms. The SMILES string of the molecule is CCOC(=O)[C@@H]1CCCN(C(=O)Cn2cnc3ccc(Br)cc3c2=O)C1. The minimum absolute atomic E-state index is 0.0934. The average Bonchev–Trinajstić information content (AvgIpc) is 2.64. The Morgan fingerprint density at radius 3 is 2.96 bits per heavy atom. The molecule has 1 fully saturated rings. The van der Waals surface area contributed by atoms with E-state index in [0.717, 1.165) is 10.9 Å². The van der Waals surface area contributed by atoms with Gasteiger partial charge in [0.05, 0.1) is 29.8 Å². The number of amides is 1. The summed E-state index contributed by atoms with van der Waals surface area (Å²) in [5.41, 5.74) is 0.325. The molecule has 0 aliphatic carbocycles. The van der Waals surface area contributed by atoms with Gasteiger partial charge in [0.25, 0.3) is 5.56 Å². The van der Waals surface area contributed by atoms with Crippen molar-refractivity contribution >= 4 is 38.7 Å². The molecule has 26 heavy (non-hydrogen) atoms. The summed E-state index contributed by atoms with van der Waals surface area (Å²) in [5.74, 6) is -0.758. The molecule has 1 atom stereocenters. The molecule has 1 aromatic heterocycles. The number of fused-ring (bicyclic) bond motifs is 1. The van der Waals surface area contributed by atoms with Gasteiger partial charge in [-0.2, -0.15) is 0 Å². The third kappa shape index (κ3) is 3.95. The van der Waals surface area contributed by atoms with Crippen LogP contribution in [0.4, 0.5) is 0 Å². The third-order valence-electron chi connectivity index (χ3n) is 4.49. The molecule has 2 aromatic rings. The number of benzene rings is 1. The first-order chi connectivity index (χ1) is 12.5. The molecule has 1 amide bonds. The van der Waals surface area contributed by atoms with Gasteiger partial charge in [-0.05, 0) is 38.0 Å². The maximum Gasteiger partial charge on any atom is 0.310 e. The van der Waals surface area contributed by atoms with Crippen LogP contribution in [-0.2, 0) is 20.9 Å². The second kappa shape index (κ2) is 7.99. The lowest BCUT2D eigenvalue weighted by atomic mass is 9.98. The molecule has 0 radical (unpaired) electrons. The van der Waals surface area contributed by atoms with Gasteiger partial charge in [0.15, 0.2) is 0 Å². The van der Waals surface area contributed by atoms with Crippen molar-refractivity contribution in [2.24, 2.45) is 5.92 Å². The van der Waals surface area contributed by atoms with E-state index in [2.05, 4.69) is 20.9 Å². The highest BCUT2D eigenvalue weighted by molar-refractivity contribution is 9.10. The molecule has 1 aliphatic rings. The second-order valence-electron chi connectivity index (χ2n) is 6.27. The first kappa shape index (κ1) is 18.6. The molecule has 8 heteroatoms. The molecule has 0 spiro atoms. The van der Waals surface area contributed by atoms with Crippen molar-refractivity contribution in [1.82, 2.24) is 14.5 Å². The highest BCUT2D eigenvalue weighted by Crippen LogP contribution is 2.19.